The van der Waals surface area contributed by atoms with Gasteiger partial charge in [0.1, 0.15) is 12.3 Å². The van der Waals surface area contributed by atoms with Crippen LogP contribution < -0.4 is 9.47 Å². The smallest absolute Gasteiger partial charge is 0.323 e. The number of hydrogen-bond acceptors (Lipinski definition) is 4. The Labute approximate surface area is 242 Å². The van der Waals surface area contributed by atoms with Crippen LogP contribution in [0.5, 0.6) is 11.5 Å². The first-order valence-corrected chi connectivity index (χ1v) is 13.7. The SMILES string of the molecule is O=C(O)CCCc1c(/C=C/c2ccc(OCCCCOc3cccc(Cl)c3F)cc2)n(CC(=O)O)c2ccccc12. The number of benzene rings is 3. The summed E-state index contributed by atoms with van der Waals surface area (Å²) in [5.74, 6) is -1.53. The van der Waals surface area contributed by atoms with Crippen molar-refractivity contribution in [1.82, 2.24) is 4.57 Å². The quantitative estimate of drug-likeness (QED) is 0.143. The van der Waals surface area contributed by atoms with Crippen LogP contribution in [0.2, 0.25) is 5.02 Å². The Morgan fingerprint density at radius 1 is 0.854 bits per heavy atom. The maximum absolute atomic E-state index is 13.9. The van der Waals surface area contributed by atoms with Crippen LogP contribution in [0.15, 0.2) is 66.7 Å². The fourth-order valence-electron chi connectivity index (χ4n) is 4.59. The Balaban J connectivity index is 1.38. The molecule has 214 valence electrons. The van der Waals surface area contributed by atoms with Gasteiger partial charge in [0.25, 0.3) is 0 Å². The predicted molar refractivity (Wildman–Crippen MR) is 157 cm³/mol. The van der Waals surface area contributed by atoms with Crippen LogP contribution in [0.1, 0.15) is 42.5 Å². The van der Waals surface area contributed by atoms with Crippen LogP contribution >= 0.6 is 11.6 Å². The van der Waals surface area contributed by atoms with Gasteiger partial charge in [0.2, 0.25) is 0 Å². The van der Waals surface area contributed by atoms with Crippen molar-refractivity contribution in [2.45, 2.75) is 38.6 Å². The molecule has 2 N–H and O–H groups in total. The largest absolute Gasteiger partial charge is 0.494 e. The highest BCUT2D eigenvalue weighted by Crippen LogP contribution is 2.30. The van der Waals surface area contributed by atoms with Gasteiger partial charge in [-0.25, -0.2) is 4.39 Å². The normalized spacial score (nSPS) is 11.3. The average Bonchev–Trinajstić information content (AvgIpc) is 3.23. The maximum atomic E-state index is 13.9. The summed E-state index contributed by atoms with van der Waals surface area (Å²) in [7, 11) is 0. The molecular weight excluding hydrogens is 549 g/mol. The van der Waals surface area contributed by atoms with Crippen LogP contribution in [0.3, 0.4) is 0 Å². The zero-order valence-electron chi connectivity index (χ0n) is 22.4. The van der Waals surface area contributed by atoms with Gasteiger partial charge in [-0.05, 0) is 73.2 Å². The molecular formula is C32H31ClFNO6. The van der Waals surface area contributed by atoms with Crippen molar-refractivity contribution in [2.24, 2.45) is 0 Å². The molecule has 4 aromatic rings. The molecule has 0 saturated carbocycles. The highest BCUT2D eigenvalue weighted by Gasteiger charge is 2.17. The highest BCUT2D eigenvalue weighted by molar-refractivity contribution is 6.30. The molecule has 1 aromatic heterocycles. The van der Waals surface area contributed by atoms with E-state index in [0.717, 1.165) is 34.1 Å². The second-order valence-corrected chi connectivity index (χ2v) is 9.87. The van der Waals surface area contributed by atoms with Gasteiger partial charge in [0.15, 0.2) is 11.6 Å². The van der Waals surface area contributed by atoms with Gasteiger partial charge in [-0.15, -0.1) is 0 Å². The molecule has 0 bridgehead atoms. The molecule has 0 atom stereocenters. The summed E-state index contributed by atoms with van der Waals surface area (Å²) >= 11 is 5.76. The van der Waals surface area contributed by atoms with Crippen molar-refractivity contribution in [3.05, 3.63) is 94.4 Å². The highest BCUT2D eigenvalue weighted by atomic mass is 35.5. The number of nitrogens with zero attached hydrogens (tertiary/aromatic N) is 1. The zero-order chi connectivity index (χ0) is 29.2. The first kappa shape index (κ1) is 29.7. The van der Waals surface area contributed by atoms with Crippen LogP contribution in [0, 0.1) is 5.82 Å². The van der Waals surface area contributed by atoms with Gasteiger partial charge in [-0.1, -0.05) is 54.1 Å². The molecule has 3 aromatic carbocycles. The van der Waals surface area contributed by atoms with E-state index >= 15 is 0 Å². The number of para-hydroxylation sites is 1. The summed E-state index contributed by atoms with van der Waals surface area (Å²) in [6.45, 7) is 0.623. The van der Waals surface area contributed by atoms with Crippen LogP contribution in [-0.4, -0.2) is 39.9 Å². The lowest BCUT2D eigenvalue weighted by Gasteiger charge is -2.09. The molecule has 7 nitrogen and oxygen atoms in total. The topological polar surface area (TPSA) is 98.0 Å². The lowest BCUT2D eigenvalue weighted by atomic mass is 10.0. The molecule has 1 heterocycles. The van der Waals surface area contributed by atoms with Crippen LogP contribution in [0.4, 0.5) is 4.39 Å². The van der Waals surface area contributed by atoms with E-state index in [0.29, 0.717) is 38.2 Å². The molecule has 0 spiro atoms. The maximum Gasteiger partial charge on any atom is 0.323 e. The number of carbonyl (C=O) groups is 2. The van der Waals surface area contributed by atoms with Gasteiger partial charge in [0.05, 0.1) is 18.2 Å². The first-order chi connectivity index (χ1) is 19.8. The number of aromatic nitrogens is 1. The van der Waals surface area contributed by atoms with Gasteiger partial charge >= 0.3 is 11.9 Å². The zero-order valence-corrected chi connectivity index (χ0v) is 23.1. The number of carboxylic acids is 2. The molecule has 0 amide bonds. The monoisotopic (exact) mass is 579 g/mol. The van der Waals surface area contributed by atoms with E-state index in [9.17, 15) is 19.1 Å². The van der Waals surface area contributed by atoms with E-state index in [4.69, 9.17) is 26.2 Å². The van der Waals surface area contributed by atoms with Crippen molar-refractivity contribution in [3.63, 3.8) is 0 Å². The van der Waals surface area contributed by atoms with E-state index in [1.54, 1.807) is 16.7 Å². The van der Waals surface area contributed by atoms with Crippen molar-refractivity contribution in [1.29, 1.82) is 0 Å². The third kappa shape index (κ3) is 8.11. The number of halogens is 2. The minimum atomic E-state index is -0.956. The summed E-state index contributed by atoms with van der Waals surface area (Å²) in [6, 6.07) is 19.8. The van der Waals surface area contributed by atoms with E-state index in [-0.39, 0.29) is 23.7 Å². The summed E-state index contributed by atoms with van der Waals surface area (Å²) in [5, 5.41) is 19.6. The fourth-order valence-corrected chi connectivity index (χ4v) is 4.76. The molecule has 0 aliphatic carbocycles. The number of ether oxygens (including phenoxy) is 2. The lowest BCUT2D eigenvalue weighted by molar-refractivity contribution is -0.138. The van der Waals surface area contributed by atoms with Crippen molar-refractivity contribution < 1.29 is 33.7 Å². The predicted octanol–water partition coefficient (Wildman–Crippen LogP) is 7.33. The van der Waals surface area contributed by atoms with Crippen molar-refractivity contribution in [2.75, 3.05) is 13.2 Å². The number of hydrogen-bond donors (Lipinski definition) is 2. The molecule has 41 heavy (non-hydrogen) atoms. The summed E-state index contributed by atoms with van der Waals surface area (Å²) in [5.41, 5.74) is 3.38. The Hall–Kier alpha value is -4.30. The minimum absolute atomic E-state index is 0.0305. The molecule has 0 unspecified atom stereocenters. The molecule has 0 aliphatic rings. The molecule has 0 aliphatic heterocycles. The van der Waals surface area contributed by atoms with Gasteiger partial charge in [-0.2, -0.15) is 0 Å². The Morgan fingerprint density at radius 3 is 2.32 bits per heavy atom. The van der Waals surface area contributed by atoms with E-state index in [2.05, 4.69) is 0 Å². The molecule has 0 radical (unpaired) electrons. The van der Waals surface area contributed by atoms with E-state index in [1.165, 1.54) is 6.07 Å². The number of unbranched alkanes of at least 4 members (excludes halogenated alkanes) is 1. The minimum Gasteiger partial charge on any atom is -0.494 e. The Kier molecular flexibility index (Phi) is 10.4. The molecule has 0 saturated heterocycles. The van der Waals surface area contributed by atoms with Crippen LogP contribution in [-0.2, 0) is 22.6 Å². The van der Waals surface area contributed by atoms with Gasteiger partial charge < -0.3 is 24.3 Å². The summed E-state index contributed by atoms with van der Waals surface area (Å²) < 4.78 is 26.9. The second-order valence-electron chi connectivity index (χ2n) is 9.47. The van der Waals surface area contributed by atoms with Crippen LogP contribution in [0.25, 0.3) is 23.1 Å². The third-order valence-electron chi connectivity index (χ3n) is 6.53. The van der Waals surface area contributed by atoms with Gasteiger partial charge in [-0.3, -0.25) is 9.59 Å². The number of rotatable bonds is 15. The van der Waals surface area contributed by atoms with E-state index < -0.39 is 17.8 Å². The number of aryl methyl sites for hydroxylation is 1. The fraction of sp³-hybridized carbons (Fsp3) is 0.250. The number of aliphatic carboxylic acids is 2. The van der Waals surface area contributed by atoms with E-state index in [1.807, 2.05) is 60.7 Å². The summed E-state index contributed by atoms with van der Waals surface area (Å²) in [6.07, 6.45) is 6.21. The number of carboxylic acid groups (broad SMARTS) is 2. The lowest BCUT2D eigenvalue weighted by Crippen LogP contribution is -2.10. The average molecular weight is 580 g/mol. The molecule has 0 fully saturated rings. The molecule has 4 rings (SSSR count). The number of fused-ring (bicyclic) bond motifs is 1. The Bertz CT molecular complexity index is 1530. The second kappa shape index (κ2) is 14.4. The molecule has 9 heteroatoms. The third-order valence-corrected chi connectivity index (χ3v) is 6.82. The van der Waals surface area contributed by atoms with Gasteiger partial charge in [0, 0.05) is 23.0 Å². The van der Waals surface area contributed by atoms with Crippen molar-refractivity contribution in [3.8, 4) is 11.5 Å². The Morgan fingerprint density at radius 2 is 1.59 bits per heavy atom. The summed E-state index contributed by atoms with van der Waals surface area (Å²) in [4.78, 5) is 22.7. The van der Waals surface area contributed by atoms with Crippen molar-refractivity contribution >= 4 is 46.6 Å². The first-order valence-electron chi connectivity index (χ1n) is 13.3. The standard InChI is InChI=1S/C32H31ClFNO6/c33-26-9-6-11-29(32(26)34)41-20-4-3-19-40-23-16-13-22(14-17-23)15-18-28-25(8-5-12-30(36)37)24-7-1-2-10-27(24)35(28)21-31(38)39/h1-2,6-7,9-11,13-18H,3-5,8,12,19-21H2,(H,36,37)(H,38,39)/b18-15+.